The summed E-state index contributed by atoms with van der Waals surface area (Å²) >= 11 is 0. The van der Waals surface area contributed by atoms with E-state index in [0.29, 0.717) is 36.6 Å². The van der Waals surface area contributed by atoms with E-state index in [0.717, 1.165) is 12.8 Å². The van der Waals surface area contributed by atoms with E-state index in [1.165, 1.54) is 12.1 Å². The minimum absolute atomic E-state index is 0.0887. The zero-order valence-corrected chi connectivity index (χ0v) is 18.3. The van der Waals surface area contributed by atoms with Gasteiger partial charge in [-0.2, -0.15) is 5.10 Å². The molecule has 170 valence electrons. The highest BCUT2D eigenvalue weighted by atomic mass is 19.1. The second-order valence-electron chi connectivity index (χ2n) is 9.04. The van der Waals surface area contributed by atoms with Gasteiger partial charge in [0, 0.05) is 31.7 Å². The Balaban J connectivity index is 1.90. The fourth-order valence-electron chi connectivity index (χ4n) is 3.79. The quantitative estimate of drug-likeness (QED) is 0.617. The Morgan fingerprint density at radius 1 is 1.32 bits per heavy atom. The van der Waals surface area contributed by atoms with Crippen molar-refractivity contribution in [2.75, 3.05) is 26.4 Å². The predicted octanol–water partition coefficient (Wildman–Crippen LogP) is 1.85. The number of benzene rings is 1. The average Bonchev–Trinajstić information content (AvgIpc) is 3.07. The van der Waals surface area contributed by atoms with Crippen LogP contribution in [0.2, 0.25) is 0 Å². The zero-order valence-electron chi connectivity index (χ0n) is 18.3. The molecular formula is C22H31FN4O4. The van der Waals surface area contributed by atoms with Gasteiger partial charge in [-0.1, -0.05) is 20.8 Å². The third kappa shape index (κ3) is 5.59. The lowest BCUT2D eigenvalue weighted by Gasteiger charge is -2.30. The van der Waals surface area contributed by atoms with Crippen LogP contribution < -0.4 is 10.6 Å². The smallest absolute Gasteiger partial charge is 0.273 e. The zero-order chi connectivity index (χ0) is 22.6. The van der Waals surface area contributed by atoms with E-state index in [1.54, 1.807) is 10.7 Å². The molecule has 3 N–H and O–H groups in total. The Bertz CT molecular complexity index is 931. The molecule has 2 amide bonds. The van der Waals surface area contributed by atoms with Crippen LogP contribution >= 0.6 is 0 Å². The molecule has 1 saturated heterocycles. The lowest BCUT2D eigenvalue weighted by molar-refractivity contribution is -0.125. The molecule has 1 unspecified atom stereocenters. The number of carbonyl (C=O) groups excluding carboxylic acids is 2. The van der Waals surface area contributed by atoms with E-state index < -0.39 is 29.1 Å². The van der Waals surface area contributed by atoms with Gasteiger partial charge in [0.05, 0.1) is 12.1 Å². The Kier molecular flexibility index (Phi) is 7.27. The van der Waals surface area contributed by atoms with Crippen molar-refractivity contribution in [1.29, 1.82) is 0 Å². The number of aliphatic hydroxyl groups is 1. The Morgan fingerprint density at radius 2 is 2.03 bits per heavy atom. The van der Waals surface area contributed by atoms with Crippen molar-refractivity contribution in [2.24, 2.45) is 11.3 Å². The van der Waals surface area contributed by atoms with Gasteiger partial charge in [0.1, 0.15) is 11.9 Å². The first-order chi connectivity index (χ1) is 14.7. The van der Waals surface area contributed by atoms with Crippen molar-refractivity contribution in [1.82, 2.24) is 20.4 Å². The van der Waals surface area contributed by atoms with E-state index in [9.17, 15) is 14.0 Å². The fourth-order valence-corrected chi connectivity index (χ4v) is 3.79. The molecule has 1 aromatic heterocycles. The maximum absolute atomic E-state index is 14.0. The number of nitrogens with zero attached hydrogens (tertiary/aromatic N) is 2. The summed E-state index contributed by atoms with van der Waals surface area (Å²) in [6.07, 6.45) is 1.81. The number of hydrogen-bond donors (Lipinski definition) is 3. The summed E-state index contributed by atoms with van der Waals surface area (Å²) in [5.74, 6) is -1.03. The SMILES string of the molecule is CC(C)(C)C(NC(=O)c1nn(CC2CCOCC2)c2ccc(F)cc12)C(=O)NCCO. The van der Waals surface area contributed by atoms with Gasteiger partial charge in [-0.15, -0.1) is 0 Å². The molecular weight excluding hydrogens is 403 g/mol. The van der Waals surface area contributed by atoms with Gasteiger partial charge in [0.2, 0.25) is 5.91 Å². The third-order valence-electron chi connectivity index (χ3n) is 5.51. The standard InChI is InChI=1S/C22H31FN4O4/c1-22(2,3)19(21(30)24-8-9-28)25-20(29)18-16-12-15(23)4-5-17(16)27(26-18)13-14-6-10-31-11-7-14/h4-5,12,14,19,28H,6-11,13H2,1-3H3,(H,24,30)(H,25,29). The summed E-state index contributed by atoms with van der Waals surface area (Å²) in [4.78, 5) is 25.7. The first kappa shape index (κ1) is 23.1. The highest BCUT2D eigenvalue weighted by molar-refractivity contribution is 6.06. The minimum atomic E-state index is -0.851. The van der Waals surface area contributed by atoms with Crippen molar-refractivity contribution < 1.29 is 23.8 Å². The second-order valence-corrected chi connectivity index (χ2v) is 9.04. The molecule has 9 heteroatoms. The Hall–Kier alpha value is -2.52. The van der Waals surface area contributed by atoms with E-state index in [4.69, 9.17) is 9.84 Å². The molecule has 1 aromatic carbocycles. The monoisotopic (exact) mass is 434 g/mol. The van der Waals surface area contributed by atoms with Crippen molar-refractivity contribution >= 4 is 22.7 Å². The third-order valence-corrected chi connectivity index (χ3v) is 5.51. The summed E-state index contributed by atoms with van der Waals surface area (Å²) < 4.78 is 21.2. The van der Waals surface area contributed by atoms with Crippen molar-refractivity contribution in [2.45, 2.75) is 46.2 Å². The number of carbonyl (C=O) groups is 2. The molecule has 1 fully saturated rings. The summed E-state index contributed by atoms with van der Waals surface area (Å²) in [6.45, 7) is 7.39. The van der Waals surface area contributed by atoms with Crippen LogP contribution in [0.25, 0.3) is 10.9 Å². The van der Waals surface area contributed by atoms with E-state index in [1.807, 2.05) is 20.8 Å². The fraction of sp³-hybridized carbons (Fsp3) is 0.591. The highest BCUT2D eigenvalue weighted by Gasteiger charge is 2.34. The Morgan fingerprint density at radius 3 is 2.68 bits per heavy atom. The average molecular weight is 435 g/mol. The predicted molar refractivity (Wildman–Crippen MR) is 114 cm³/mol. The molecule has 8 nitrogen and oxygen atoms in total. The number of aromatic nitrogens is 2. The van der Waals surface area contributed by atoms with Crippen LogP contribution in [0.3, 0.4) is 0 Å². The van der Waals surface area contributed by atoms with Gasteiger partial charge >= 0.3 is 0 Å². The van der Waals surface area contributed by atoms with E-state index in [-0.39, 0.29) is 18.8 Å². The molecule has 0 bridgehead atoms. The molecule has 3 rings (SSSR count). The number of amides is 2. The number of rotatable bonds is 7. The van der Waals surface area contributed by atoms with Crippen LogP contribution in [-0.4, -0.2) is 59.1 Å². The van der Waals surface area contributed by atoms with E-state index in [2.05, 4.69) is 15.7 Å². The molecule has 0 saturated carbocycles. The molecule has 2 heterocycles. The van der Waals surface area contributed by atoms with Gasteiger partial charge in [-0.3, -0.25) is 14.3 Å². The summed E-state index contributed by atoms with van der Waals surface area (Å²) in [6, 6.07) is 3.43. The van der Waals surface area contributed by atoms with Gasteiger partial charge in [-0.25, -0.2) is 4.39 Å². The molecule has 0 aliphatic carbocycles. The molecule has 1 aliphatic heterocycles. The molecule has 0 radical (unpaired) electrons. The van der Waals surface area contributed by atoms with Crippen LogP contribution in [0, 0.1) is 17.2 Å². The molecule has 2 aromatic rings. The molecule has 1 atom stereocenters. The summed E-state index contributed by atoms with van der Waals surface area (Å²) in [7, 11) is 0. The molecule has 0 spiro atoms. The first-order valence-corrected chi connectivity index (χ1v) is 10.6. The summed E-state index contributed by atoms with van der Waals surface area (Å²) in [5, 5.41) is 19.3. The maximum Gasteiger partial charge on any atom is 0.273 e. The number of hydrogen-bond acceptors (Lipinski definition) is 5. The van der Waals surface area contributed by atoms with Gasteiger partial charge in [-0.05, 0) is 42.4 Å². The van der Waals surface area contributed by atoms with Gasteiger partial charge < -0.3 is 20.5 Å². The maximum atomic E-state index is 14.0. The van der Waals surface area contributed by atoms with Crippen LogP contribution in [0.4, 0.5) is 4.39 Å². The van der Waals surface area contributed by atoms with Crippen LogP contribution in [0.15, 0.2) is 18.2 Å². The van der Waals surface area contributed by atoms with Crippen molar-refractivity contribution in [3.8, 4) is 0 Å². The number of halogens is 1. The Labute approximate surface area is 181 Å². The minimum Gasteiger partial charge on any atom is -0.395 e. The molecule has 31 heavy (non-hydrogen) atoms. The summed E-state index contributed by atoms with van der Waals surface area (Å²) in [5.41, 5.74) is 0.182. The number of ether oxygens (including phenoxy) is 1. The van der Waals surface area contributed by atoms with Crippen LogP contribution in [-0.2, 0) is 16.1 Å². The highest BCUT2D eigenvalue weighted by Crippen LogP contribution is 2.25. The normalized spacial score (nSPS) is 16.3. The lowest BCUT2D eigenvalue weighted by atomic mass is 9.86. The van der Waals surface area contributed by atoms with E-state index >= 15 is 0 Å². The van der Waals surface area contributed by atoms with Crippen LogP contribution in [0.1, 0.15) is 44.1 Å². The van der Waals surface area contributed by atoms with Crippen LogP contribution in [0.5, 0.6) is 0 Å². The van der Waals surface area contributed by atoms with Gasteiger partial charge in [0.15, 0.2) is 5.69 Å². The number of aliphatic hydroxyl groups excluding tert-OH is 1. The van der Waals surface area contributed by atoms with Gasteiger partial charge in [0.25, 0.3) is 5.91 Å². The molecule has 1 aliphatic rings. The number of fused-ring (bicyclic) bond motifs is 1. The largest absolute Gasteiger partial charge is 0.395 e. The number of nitrogens with one attached hydrogen (secondary N) is 2. The van der Waals surface area contributed by atoms with Crippen molar-refractivity contribution in [3.63, 3.8) is 0 Å². The topological polar surface area (TPSA) is 105 Å². The second kappa shape index (κ2) is 9.74. The lowest BCUT2D eigenvalue weighted by Crippen LogP contribution is -2.54. The van der Waals surface area contributed by atoms with Crippen molar-refractivity contribution in [3.05, 3.63) is 29.7 Å². The first-order valence-electron chi connectivity index (χ1n) is 10.6.